The summed E-state index contributed by atoms with van der Waals surface area (Å²) in [6, 6.07) is 7.74. The molecular weight excluding hydrogens is 252 g/mol. The number of carbonyl (C=O) groups excluding carboxylic acids is 1. The van der Waals surface area contributed by atoms with Crippen molar-refractivity contribution in [1.29, 1.82) is 0 Å². The van der Waals surface area contributed by atoms with E-state index in [1.54, 1.807) is 7.11 Å². The number of benzene rings is 1. The maximum absolute atomic E-state index is 11.5. The van der Waals surface area contributed by atoms with Crippen molar-refractivity contribution in [3.63, 3.8) is 0 Å². The standard InChI is InChI=1S/C17H26O3/c1-3-4-8-15(18)9-6-10-16(19)12-14-7-5-11-17(13-14)20-2/h5,7,11,13,16,19H,3-4,6,8-10,12H2,1-2H3. The minimum absolute atomic E-state index is 0.320. The number of Topliss-reactive ketones (excluding diaryl/α,β-unsaturated/α-hetero) is 1. The fraction of sp³-hybridized carbons (Fsp3) is 0.588. The van der Waals surface area contributed by atoms with Crippen LogP contribution in [0, 0.1) is 0 Å². The first-order valence-electron chi connectivity index (χ1n) is 7.48. The molecule has 0 amide bonds. The van der Waals surface area contributed by atoms with Crippen LogP contribution < -0.4 is 4.74 Å². The number of ether oxygens (including phenoxy) is 1. The molecule has 112 valence electrons. The second-order valence-corrected chi connectivity index (χ2v) is 5.24. The van der Waals surface area contributed by atoms with Gasteiger partial charge in [0.1, 0.15) is 11.5 Å². The predicted molar refractivity (Wildman–Crippen MR) is 81.1 cm³/mol. The van der Waals surface area contributed by atoms with Gasteiger partial charge in [0.15, 0.2) is 0 Å². The van der Waals surface area contributed by atoms with Crippen LogP contribution >= 0.6 is 0 Å². The number of aliphatic hydroxyl groups is 1. The van der Waals surface area contributed by atoms with E-state index in [4.69, 9.17) is 4.74 Å². The van der Waals surface area contributed by atoms with Crippen molar-refractivity contribution in [3.8, 4) is 5.75 Å². The lowest BCUT2D eigenvalue weighted by Gasteiger charge is -2.11. The molecule has 1 aromatic rings. The fourth-order valence-corrected chi connectivity index (χ4v) is 2.21. The molecule has 20 heavy (non-hydrogen) atoms. The lowest BCUT2D eigenvalue weighted by atomic mass is 10.0. The van der Waals surface area contributed by atoms with Crippen molar-refractivity contribution >= 4 is 5.78 Å². The molecule has 1 unspecified atom stereocenters. The van der Waals surface area contributed by atoms with Crippen LogP contribution in [0.5, 0.6) is 5.75 Å². The molecule has 0 saturated heterocycles. The second kappa shape index (κ2) is 9.54. The number of unbranched alkanes of at least 4 members (excludes halogenated alkanes) is 1. The third kappa shape index (κ3) is 6.71. The van der Waals surface area contributed by atoms with Crippen LogP contribution in [0.2, 0.25) is 0 Å². The third-order valence-corrected chi connectivity index (χ3v) is 3.41. The highest BCUT2D eigenvalue weighted by Crippen LogP contribution is 2.16. The number of ketones is 1. The molecule has 0 saturated carbocycles. The number of aliphatic hydroxyl groups excluding tert-OH is 1. The molecule has 0 spiro atoms. The highest BCUT2D eigenvalue weighted by molar-refractivity contribution is 5.78. The Morgan fingerprint density at radius 2 is 2.05 bits per heavy atom. The fourth-order valence-electron chi connectivity index (χ4n) is 2.21. The van der Waals surface area contributed by atoms with Crippen molar-refractivity contribution in [2.45, 2.75) is 58.0 Å². The zero-order valence-electron chi connectivity index (χ0n) is 12.6. The van der Waals surface area contributed by atoms with Gasteiger partial charge in [0.25, 0.3) is 0 Å². The number of carbonyl (C=O) groups is 1. The molecule has 0 fully saturated rings. The molecule has 0 aliphatic carbocycles. The largest absolute Gasteiger partial charge is 0.497 e. The first-order valence-corrected chi connectivity index (χ1v) is 7.48. The van der Waals surface area contributed by atoms with Gasteiger partial charge in [-0.05, 0) is 43.4 Å². The quantitative estimate of drug-likeness (QED) is 0.712. The average Bonchev–Trinajstić information content (AvgIpc) is 2.45. The summed E-state index contributed by atoms with van der Waals surface area (Å²) in [5.41, 5.74) is 1.06. The van der Waals surface area contributed by atoms with E-state index in [1.165, 1.54) is 0 Å². The van der Waals surface area contributed by atoms with Gasteiger partial charge in [-0.15, -0.1) is 0 Å². The number of hydrogen-bond acceptors (Lipinski definition) is 3. The van der Waals surface area contributed by atoms with E-state index in [2.05, 4.69) is 6.92 Å². The Kier molecular flexibility index (Phi) is 7.97. The minimum Gasteiger partial charge on any atom is -0.497 e. The van der Waals surface area contributed by atoms with Gasteiger partial charge in [0.2, 0.25) is 0 Å². The van der Waals surface area contributed by atoms with E-state index < -0.39 is 0 Å². The smallest absolute Gasteiger partial charge is 0.132 e. The van der Waals surface area contributed by atoms with Gasteiger partial charge in [0.05, 0.1) is 13.2 Å². The number of methoxy groups -OCH3 is 1. The Morgan fingerprint density at radius 1 is 1.30 bits per heavy atom. The number of rotatable bonds is 10. The molecule has 1 atom stereocenters. The maximum atomic E-state index is 11.5. The normalized spacial score (nSPS) is 12.2. The van der Waals surface area contributed by atoms with Crippen molar-refractivity contribution in [2.24, 2.45) is 0 Å². The molecule has 3 nitrogen and oxygen atoms in total. The summed E-state index contributed by atoms with van der Waals surface area (Å²) in [5.74, 6) is 1.13. The Morgan fingerprint density at radius 3 is 2.75 bits per heavy atom. The summed E-state index contributed by atoms with van der Waals surface area (Å²) in [6.45, 7) is 2.09. The topological polar surface area (TPSA) is 46.5 Å². The first-order chi connectivity index (χ1) is 9.65. The van der Waals surface area contributed by atoms with Crippen LogP contribution in [0.3, 0.4) is 0 Å². The molecule has 0 bridgehead atoms. The van der Waals surface area contributed by atoms with Crippen molar-refractivity contribution < 1.29 is 14.6 Å². The van der Waals surface area contributed by atoms with Crippen LogP contribution in [0.15, 0.2) is 24.3 Å². The first kappa shape index (κ1) is 16.7. The van der Waals surface area contributed by atoms with Gasteiger partial charge >= 0.3 is 0 Å². The summed E-state index contributed by atoms with van der Waals surface area (Å²) >= 11 is 0. The molecular formula is C17H26O3. The molecule has 0 aliphatic heterocycles. The highest BCUT2D eigenvalue weighted by Gasteiger charge is 2.08. The maximum Gasteiger partial charge on any atom is 0.132 e. The summed E-state index contributed by atoms with van der Waals surface area (Å²) < 4.78 is 5.16. The van der Waals surface area contributed by atoms with E-state index in [0.717, 1.165) is 30.6 Å². The highest BCUT2D eigenvalue weighted by atomic mass is 16.5. The van der Waals surface area contributed by atoms with Gasteiger partial charge in [-0.1, -0.05) is 25.5 Å². The summed E-state index contributed by atoms with van der Waals surface area (Å²) in [7, 11) is 1.64. The van der Waals surface area contributed by atoms with Gasteiger partial charge in [-0.2, -0.15) is 0 Å². The Hall–Kier alpha value is -1.35. The van der Waals surface area contributed by atoms with Crippen LogP contribution in [-0.2, 0) is 11.2 Å². The minimum atomic E-state index is -0.388. The van der Waals surface area contributed by atoms with Crippen molar-refractivity contribution in [3.05, 3.63) is 29.8 Å². The van der Waals surface area contributed by atoms with Gasteiger partial charge in [0, 0.05) is 12.8 Å². The van der Waals surface area contributed by atoms with E-state index in [-0.39, 0.29) is 6.10 Å². The molecule has 0 heterocycles. The molecule has 0 radical (unpaired) electrons. The van der Waals surface area contributed by atoms with Crippen LogP contribution in [0.1, 0.15) is 51.0 Å². The van der Waals surface area contributed by atoms with Crippen LogP contribution in [0.25, 0.3) is 0 Å². The van der Waals surface area contributed by atoms with Crippen molar-refractivity contribution in [2.75, 3.05) is 7.11 Å². The zero-order chi connectivity index (χ0) is 14.8. The monoisotopic (exact) mass is 278 g/mol. The lowest BCUT2D eigenvalue weighted by molar-refractivity contribution is -0.119. The average molecular weight is 278 g/mol. The van der Waals surface area contributed by atoms with Crippen LogP contribution in [0.4, 0.5) is 0 Å². The summed E-state index contributed by atoms with van der Waals surface area (Å²) in [4.78, 5) is 11.5. The Bertz CT molecular complexity index is 401. The van der Waals surface area contributed by atoms with Crippen molar-refractivity contribution in [1.82, 2.24) is 0 Å². The van der Waals surface area contributed by atoms with Gasteiger partial charge < -0.3 is 9.84 Å². The molecule has 0 aliphatic rings. The number of hydrogen-bond donors (Lipinski definition) is 1. The molecule has 3 heteroatoms. The summed E-state index contributed by atoms with van der Waals surface area (Å²) in [5, 5.41) is 10.0. The summed E-state index contributed by atoms with van der Waals surface area (Å²) in [6.07, 6.45) is 4.98. The molecule has 1 N–H and O–H groups in total. The van der Waals surface area contributed by atoms with E-state index in [9.17, 15) is 9.90 Å². The van der Waals surface area contributed by atoms with Crippen LogP contribution in [-0.4, -0.2) is 24.1 Å². The lowest BCUT2D eigenvalue weighted by Crippen LogP contribution is -2.11. The molecule has 1 rings (SSSR count). The van der Waals surface area contributed by atoms with E-state index in [1.807, 2.05) is 24.3 Å². The van der Waals surface area contributed by atoms with E-state index in [0.29, 0.717) is 31.5 Å². The van der Waals surface area contributed by atoms with Gasteiger partial charge in [-0.3, -0.25) is 4.79 Å². The second-order valence-electron chi connectivity index (χ2n) is 5.24. The molecule has 0 aromatic heterocycles. The zero-order valence-corrected chi connectivity index (χ0v) is 12.6. The molecule has 1 aromatic carbocycles. The third-order valence-electron chi connectivity index (χ3n) is 3.41. The Balaban J connectivity index is 2.25. The van der Waals surface area contributed by atoms with E-state index >= 15 is 0 Å². The predicted octanol–water partition coefficient (Wildman–Crippen LogP) is 3.53. The van der Waals surface area contributed by atoms with Gasteiger partial charge in [-0.25, -0.2) is 0 Å². The Labute approximate surface area is 122 Å². The SMILES string of the molecule is CCCCC(=O)CCCC(O)Cc1cccc(OC)c1.